The summed E-state index contributed by atoms with van der Waals surface area (Å²) >= 11 is 0. The number of hydrogen-bond acceptors (Lipinski definition) is 5. The minimum Gasteiger partial charge on any atom is -0.494 e. The number of hydrogen-bond donors (Lipinski definition) is 3. The van der Waals surface area contributed by atoms with Crippen LogP contribution >= 0.6 is 0 Å². The zero-order valence-electron chi connectivity index (χ0n) is 10.7. The Kier molecular flexibility index (Phi) is 4.16. The van der Waals surface area contributed by atoms with E-state index >= 15 is 0 Å². The van der Waals surface area contributed by atoms with Gasteiger partial charge in [0.1, 0.15) is 5.56 Å². The van der Waals surface area contributed by atoms with Crippen molar-refractivity contribution in [1.29, 1.82) is 0 Å². The van der Waals surface area contributed by atoms with Gasteiger partial charge in [-0.05, 0) is 19.3 Å². The number of aliphatic imine (C=N–C) groups is 1. The number of aromatic hydroxyl groups is 1. The fraction of sp³-hybridized carbons (Fsp3) is 0.583. The van der Waals surface area contributed by atoms with Gasteiger partial charge in [0.2, 0.25) is 5.88 Å². The van der Waals surface area contributed by atoms with Gasteiger partial charge in [0.25, 0.3) is 5.56 Å². The Hall–Kier alpha value is -1.89. The summed E-state index contributed by atoms with van der Waals surface area (Å²) in [6, 6.07) is 0. The molecule has 104 valence electrons. The molecule has 1 aliphatic rings. The van der Waals surface area contributed by atoms with Crippen molar-refractivity contribution < 1.29 is 9.84 Å². The molecule has 1 atom stereocenters. The van der Waals surface area contributed by atoms with E-state index in [1.165, 1.54) is 0 Å². The zero-order chi connectivity index (χ0) is 13.8. The molecule has 19 heavy (non-hydrogen) atoms. The molecule has 0 radical (unpaired) electrons. The molecule has 1 saturated heterocycles. The highest BCUT2D eigenvalue weighted by Crippen LogP contribution is 2.14. The molecule has 1 aromatic rings. The average molecular weight is 267 g/mol. The van der Waals surface area contributed by atoms with Crippen molar-refractivity contribution in [3.8, 4) is 5.88 Å². The molecule has 3 N–H and O–H groups in total. The number of aromatic amines is 2. The normalized spacial score (nSPS) is 19.8. The van der Waals surface area contributed by atoms with E-state index in [4.69, 9.17) is 4.74 Å². The van der Waals surface area contributed by atoms with Crippen LogP contribution in [0.5, 0.6) is 5.88 Å². The molecular formula is C12H17N3O4. The molecule has 1 fully saturated rings. The van der Waals surface area contributed by atoms with Crippen LogP contribution in [0.25, 0.3) is 0 Å². The molecule has 0 aromatic carbocycles. The highest BCUT2D eigenvalue weighted by Gasteiger charge is 2.17. The van der Waals surface area contributed by atoms with Gasteiger partial charge in [0.05, 0.1) is 18.4 Å². The Morgan fingerprint density at radius 1 is 1.47 bits per heavy atom. The summed E-state index contributed by atoms with van der Waals surface area (Å²) < 4.78 is 5.45. The van der Waals surface area contributed by atoms with Crippen molar-refractivity contribution in [2.24, 2.45) is 4.99 Å². The minimum absolute atomic E-state index is 0.0279. The lowest BCUT2D eigenvalue weighted by Crippen LogP contribution is -2.28. The molecule has 0 saturated carbocycles. The Morgan fingerprint density at radius 2 is 2.26 bits per heavy atom. The maximum absolute atomic E-state index is 11.7. The topological polar surface area (TPSA) is 108 Å². The van der Waals surface area contributed by atoms with Crippen LogP contribution in [0.3, 0.4) is 0 Å². The summed E-state index contributed by atoms with van der Waals surface area (Å²) in [5.41, 5.74) is -0.874. The minimum atomic E-state index is -0.735. The molecule has 1 aliphatic heterocycles. The van der Waals surface area contributed by atoms with Gasteiger partial charge in [-0.2, -0.15) is 0 Å². The van der Waals surface area contributed by atoms with E-state index in [0.717, 1.165) is 19.4 Å². The van der Waals surface area contributed by atoms with Gasteiger partial charge >= 0.3 is 5.69 Å². The van der Waals surface area contributed by atoms with Crippen LogP contribution in [-0.4, -0.2) is 40.0 Å². The summed E-state index contributed by atoms with van der Waals surface area (Å²) in [5, 5.41) is 9.68. The molecular weight excluding hydrogens is 250 g/mol. The van der Waals surface area contributed by atoms with Gasteiger partial charge in [-0.3, -0.25) is 19.8 Å². The maximum Gasteiger partial charge on any atom is 0.328 e. The molecule has 0 amide bonds. The summed E-state index contributed by atoms with van der Waals surface area (Å²) in [4.78, 5) is 31.3. The summed E-state index contributed by atoms with van der Waals surface area (Å²) in [7, 11) is 0. The lowest BCUT2D eigenvalue weighted by molar-refractivity contribution is 0.118. The number of rotatable bonds is 4. The lowest BCUT2D eigenvalue weighted by atomic mass is 10.1. The second-order valence-corrected chi connectivity index (χ2v) is 4.41. The molecule has 0 aliphatic carbocycles. The van der Waals surface area contributed by atoms with Crippen molar-refractivity contribution in [3.63, 3.8) is 0 Å². The first-order valence-corrected chi connectivity index (χ1v) is 6.32. The van der Waals surface area contributed by atoms with Crippen molar-refractivity contribution in [2.75, 3.05) is 13.2 Å². The predicted octanol–water partition coefficient (Wildman–Crippen LogP) is 0.147. The van der Waals surface area contributed by atoms with E-state index in [0.29, 0.717) is 18.7 Å². The Balaban J connectivity index is 2.28. The number of aromatic nitrogens is 2. The first-order valence-electron chi connectivity index (χ1n) is 6.32. The SMILES string of the molecule is CCC(=NCC1CCCO1)c1c(O)[nH]c(=O)[nH]c1=O. The van der Waals surface area contributed by atoms with E-state index in [2.05, 4.69) is 15.0 Å². The van der Waals surface area contributed by atoms with Crippen molar-refractivity contribution in [1.82, 2.24) is 9.97 Å². The first-order chi connectivity index (χ1) is 9.11. The third-order valence-corrected chi connectivity index (χ3v) is 3.06. The van der Waals surface area contributed by atoms with Gasteiger partial charge in [-0.15, -0.1) is 0 Å². The van der Waals surface area contributed by atoms with E-state index in [1.807, 2.05) is 6.92 Å². The number of nitrogens with one attached hydrogen (secondary N) is 2. The number of ether oxygens (including phenoxy) is 1. The van der Waals surface area contributed by atoms with Gasteiger partial charge in [-0.1, -0.05) is 6.92 Å². The van der Waals surface area contributed by atoms with Gasteiger partial charge in [0.15, 0.2) is 0 Å². The predicted molar refractivity (Wildman–Crippen MR) is 70.0 cm³/mol. The Morgan fingerprint density at radius 3 is 2.84 bits per heavy atom. The van der Waals surface area contributed by atoms with Crippen LogP contribution in [0.2, 0.25) is 0 Å². The second-order valence-electron chi connectivity index (χ2n) is 4.41. The smallest absolute Gasteiger partial charge is 0.328 e. The number of nitrogens with zero attached hydrogens (tertiary/aromatic N) is 1. The van der Waals surface area contributed by atoms with E-state index in [9.17, 15) is 14.7 Å². The monoisotopic (exact) mass is 267 g/mol. The Labute approximate surface area is 109 Å². The molecule has 2 rings (SSSR count). The molecule has 7 nitrogen and oxygen atoms in total. The highest BCUT2D eigenvalue weighted by atomic mass is 16.5. The third-order valence-electron chi connectivity index (χ3n) is 3.06. The quantitative estimate of drug-likeness (QED) is 0.675. The first kappa shape index (κ1) is 13.5. The molecule has 1 unspecified atom stereocenters. The lowest BCUT2D eigenvalue weighted by Gasteiger charge is -2.08. The van der Waals surface area contributed by atoms with Crippen molar-refractivity contribution >= 4 is 5.71 Å². The van der Waals surface area contributed by atoms with Crippen LogP contribution in [0.1, 0.15) is 31.7 Å². The van der Waals surface area contributed by atoms with E-state index in [-0.39, 0.29) is 11.7 Å². The fourth-order valence-corrected chi connectivity index (χ4v) is 2.11. The summed E-state index contributed by atoms with van der Waals surface area (Å²) in [6.45, 7) is 3.03. The standard InChI is InChI=1S/C12H17N3O4/c1-2-8(13-6-7-4-3-5-19-7)9-10(16)14-12(18)15-11(9)17/h7H,2-6H2,1H3,(H3,14,15,16,17,18). The van der Waals surface area contributed by atoms with Gasteiger partial charge in [0, 0.05) is 6.61 Å². The fourth-order valence-electron chi connectivity index (χ4n) is 2.11. The molecule has 1 aromatic heterocycles. The van der Waals surface area contributed by atoms with E-state index in [1.54, 1.807) is 0 Å². The maximum atomic E-state index is 11.7. The van der Waals surface area contributed by atoms with Crippen LogP contribution in [0, 0.1) is 0 Å². The Bertz CT molecular complexity index is 581. The van der Waals surface area contributed by atoms with Crippen LogP contribution in [0.15, 0.2) is 14.6 Å². The molecule has 2 heterocycles. The zero-order valence-corrected chi connectivity index (χ0v) is 10.7. The third kappa shape index (κ3) is 3.11. The van der Waals surface area contributed by atoms with E-state index < -0.39 is 17.1 Å². The molecule has 0 spiro atoms. The second kappa shape index (κ2) is 5.83. The summed E-state index contributed by atoms with van der Waals surface area (Å²) in [6.07, 6.45) is 2.53. The van der Waals surface area contributed by atoms with Crippen LogP contribution < -0.4 is 11.2 Å². The molecule has 7 heteroatoms. The highest BCUT2D eigenvalue weighted by molar-refractivity contribution is 6.01. The number of H-pyrrole nitrogens is 2. The van der Waals surface area contributed by atoms with Crippen LogP contribution in [-0.2, 0) is 4.74 Å². The summed E-state index contributed by atoms with van der Waals surface area (Å²) in [5.74, 6) is -0.443. The molecule has 0 bridgehead atoms. The van der Waals surface area contributed by atoms with Crippen molar-refractivity contribution in [2.45, 2.75) is 32.3 Å². The van der Waals surface area contributed by atoms with Gasteiger partial charge < -0.3 is 9.84 Å². The average Bonchev–Trinajstić information content (AvgIpc) is 2.85. The van der Waals surface area contributed by atoms with Gasteiger partial charge in [-0.25, -0.2) is 4.79 Å². The largest absolute Gasteiger partial charge is 0.494 e. The van der Waals surface area contributed by atoms with Crippen LogP contribution in [0.4, 0.5) is 0 Å². The van der Waals surface area contributed by atoms with Crippen molar-refractivity contribution in [3.05, 3.63) is 26.4 Å².